The quantitative estimate of drug-likeness (QED) is 0.737. The molecular formula is C12H18Br2N2S. The number of hydrogen-bond acceptors (Lipinski definition) is 3. The van der Waals surface area contributed by atoms with Crippen molar-refractivity contribution in [3.8, 4) is 0 Å². The van der Waals surface area contributed by atoms with E-state index in [1.165, 1.54) is 47.8 Å². The molecule has 0 N–H and O–H groups in total. The van der Waals surface area contributed by atoms with E-state index in [2.05, 4.69) is 53.8 Å². The summed E-state index contributed by atoms with van der Waals surface area (Å²) in [6.45, 7) is 7.17. The molecule has 1 aromatic heterocycles. The van der Waals surface area contributed by atoms with E-state index in [0.29, 0.717) is 0 Å². The molecule has 0 aromatic carbocycles. The van der Waals surface area contributed by atoms with Crippen LogP contribution in [0.2, 0.25) is 0 Å². The number of thiophene rings is 1. The van der Waals surface area contributed by atoms with E-state index in [-0.39, 0.29) is 0 Å². The maximum Gasteiger partial charge on any atom is 0.0701 e. The minimum Gasteiger partial charge on any atom is -0.301 e. The Hall–Kier alpha value is 0.580. The van der Waals surface area contributed by atoms with Gasteiger partial charge >= 0.3 is 0 Å². The van der Waals surface area contributed by atoms with Gasteiger partial charge in [-0.3, -0.25) is 4.90 Å². The van der Waals surface area contributed by atoms with Crippen LogP contribution in [0.25, 0.3) is 0 Å². The van der Waals surface area contributed by atoms with Gasteiger partial charge in [-0.2, -0.15) is 0 Å². The van der Waals surface area contributed by atoms with E-state index in [9.17, 15) is 0 Å². The monoisotopic (exact) mass is 380 g/mol. The smallest absolute Gasteiger partial charge is 0.0701 e. The molecule has 0 amide bonds. The van der Waals surface area contributed by atoms with Gasteiger partial charge in [0.25, 0.3) is 0 Å². The lowest BCUT2D eigenvalue weighted by Crippen LogP contribution is -2.31. The van der Waals surface area contributed by atoms with Crippen molar-refractivity contribution in [2.75, 3.05) is 38.1 Å². The molecule has 5 heteroatoms. The van der Waals surface area contributed by atoms with Gasteiger partial charge in [0, 0.05) is 36.4 Å². The van der Waals surface area contributed by atoms with E-state index in [1.807, 2.05) is 11.3 Å². The standard InChI is InChI=1S/C12H18Br2N2S/c13-4-7-15-5-1-6-16(9-8-15)10-11-2-3-12(14)17-11/h2-3H,1,4-10H2. The lowest BCUT2D eigenvalue weighted by molar-refractivity contribution is 0.260. The van der Waals surface area contributed by atoms with Crippen LogP contribution in [0.15, 0.2) is 15.9 Å². The summed E-state index contributed by atoms with van der Waals surface area (Å²) >= 11 is 8.91. The summed E-state index contributed by atoms with van der Waals surface area (Å²) in [4.78, 5) is 6.59. The fraction of sp³-hybridized carbons (Fsp3) is 0.667. The highest BCUT2D eigenvalue weighted by Gasteiger charge is 2.14. The predicted octanol–water partition coefficient (Wildman–Crippen LogP) is 3.41. The van der Waals surface area contributed by atoms with Crippen molar-refractivity contribution in [2.24, 2.45) is 0 Å². The summed E-state index contributed by atoms with van der Waals surface area (Å²) in [5, 5.41) is 1.09. The molecular weight excluding hydrogens is 364 g/mol. The molecule has 2 nitrogen and oxygen atoms in total. The second kappa shape index (κ2) is 7.24. The Morgan fingerprint density at radius 2 is 1.88 bits per heavy atom. The van der Waals surface area contributed by atoms with Crippen LogP contribution < -0.4 is 0 Å². The van der Waals surface area contributed by atoms with Crippen LogP contribution in [0.1, 0.15) is 11.3 Å². The molecule has 0 bridgehead atoms. The summed E-state index contributed by atoms with van der Waals surface area (Å²) in [5.74, 6) is 0. The van der Waals surface area contributed by atoms with Gasteiger partial charge in [-0.15, -0.1) is 11.3 Å². The highest BCUT2D eigenvalue weighted by atomic mass is 79.9. The molecule has 0 saturated carbocycles. The predicted molar refractivity (Wildman–Crippen MR) is 82.1 cm³/mol. The van der Waals surface area contributed by atoms with Gasteiger partial charge in [0.2, 0.25) is 0 Å². The second-order valence-electron chi connectivity index (χ2n) is 4.37. The van der Waals surface area contributed by atoms with Gasteiger partial charge in [0.15, 0.2) is 0 Å². The van der Waals surface area contributed by atoms with Crippen molar-refractivity contribution < 1.29 is 0 Å². The molecule has 0 spiro atoms. The van der Waals surface area contributed by atoms with Crippen LogP contribution in [-0.2, 0) is 6.54 Å². The van der Waals surface area contributed by atoms with Gasteiger partial charge in [-0.1, -0.05) is 15.9 Å². The van der Waals surface area contributed by atoms with Crippen LogP contribution in [0.4, 0.5) is 0 Å². The van der Waals surface area contributed by atoms with Gasteiger partial charge in [-0.05, 0) is 47.6 Å². The first kappa shape index (κ1) is 14.0. The molecule has 1 aromatic rings. The Labute approximate surface area is 124 Å². The Kier molecular flexibility index (Phi) is 5.96. The van der Waals surface area contributed by atoms with Crippen molar-refractivity contribution in [1.29, 1.82) is 0 Å². The fourth-order valence-corrected chi connectivity index (χ4v) is 4.21. The van der Waals surface area contributed by atoms with Crippen LogP contribution in [-0.4, -0.2) is 47.9 Å². The van der Waals surface area contributed by atoms with Crippen molar-refractivity contribution in [2.45, 2.75) is 13.0 Å². The average molecular weight is 382 g/mol. The summed E-state index contributed by atoms with van der Waals surface area (Å²) < 4.78 is 1.24. The molecule has 1 saturated heterocycles. The molecule has 1 fully saturated rings. The maximum atomic E-state index is 3.53. The van der Waals surface area contributed by atoms with Gasteiger partial charge in [0.1, 0.15) is 0 Å². The molecule has 96 valence electrons. The summed E-state index contributed by atoms with van der Waals surface area (Å²) in [6.07, 6.45) is 1.29. The molecule has 0 radical (unpaired) electrons. The second-order valence-corrected chi connectivity index (χ2v) is 7.71. The van der Waals surface area contributed by atoms with Crippen molar-refractivity contribution in [1.82, 2.24) is 9.80 Å². The minimum atomic E-state index is 1.09. The topological polar surface area (TPSA) is 6.48 Å². The summed E-state index contributed by atoms with van der Waals surface area (Å²) in [5.41, 5.74) is 0. The molecule has 2 rings (SSSR count). The maximum absolute atomic E-state index is 3.53. The van der Waals surface area contributed by atoms with Crippen molar-refractivity contribution >= 4 is 43.2 Å². The van der Waals surface area contributed by atoms with Gasteiger partial charge < -0.3 is 4.90 Å². The van der Waals surface area contributed by atoms with E-state index in [4.69, 9.17) is 0 Å². The molecule has 1 aliphatic heterocycles. The number of rotatable bonds is 4. The number of alkyl halides is 1. The highest BCUT2D eigenvalue weighted by Crippen LogP contribution is 2.23. The zero-order chi connectivity index (χ0) is 12.1. The Morgan fingerprint density at radius 3 is 2.59 bits per heavy atom. The van der Waals surface area contributed by atoms with Crippen molar-refractivity contribution in [3.05, 3.63) is 20.8 Å². The van der Waals surface area contributed by atoms with E-state index in [0.717, 1.165) is 11.9 Å². The Balaban J connectivity index is 1.82. The summed E-state index contributed by atoms with van der Waals surface area (Å²) in [7, 11) is 0. The molecule has 0 unspecified atom stereocenters. The van der Waals surface area contributed by atoms with E-state index in [1.54, 1.807) is 0 Å². The molecule has 0 atom stereocenters. The molecule has 1 aliphatic rings. The van der Waals surface area contributed by atoms with Gasteiger partial charge in [0.05, 0.1) is 3.79 Å². The van der Waals surface area contributed by atoms with E-state index < -0.39 is 0 Å². The van der Waals surface area contributed by atoms with Crippen LogP contribution in [0, 0.1) is 0 Å². The first-order valence-electron chi connectivity index (χ1n) is 6.03. The van der Waals surface area contributed by atoms with Crippen LogP contribution in [0.5, 0.6) is 0 Å². The first-order valence-corrected chi connectivity index (χ1v) is 8.76. The van der Waals surface area contributed by atoms with Crippen molar-refractivity contribution in [3.63, 3.8) is 0 Å². The van der Waals surface area contributed by atoms with Crippen LogP contribution >= 0.6 is 43.2 Å². The largest absolute Gasteiger partial charge is 0.301 e. The first-order chi connectivity index (χ1) is 8.28. The average Bonchev–Trinajstić information content (AvgIpc) is 2.58. The number of nitrogens with zero attached hydrogens (tertiary/aromatic N) is 2. The lowest BCUT2D eigenvalue weighted by Gasteiger charge is -2.20. The highest BCUT2D eigenvalue weighted by molar-refractivity contribution is 9.11. The summed E-state index contributed by atoms with van der Waals surface area (Å²) in [6, 6.07) is 4.38. The molecule has 0 aliphatic carbocycles. The number of halogens is 2. The molecule has 17 heavy (non-hydrogen) atoms. The molecule has 2 heterocycles. The fourth-order valence-electron chi connectivity index (χ4n) is 2.18. The van der Waals surface area contributed by atoms with Gasteiger partial charge in [-0.25, -0.2) is 0 Å². The lowest BCUT2D eigenvalue weighted by atomic mass is 10.3. The Bertz CT molecular complexity index is 343. The number of hydrogen-bond donors (Lipinski definition) is 0. The Morgan fingerprint density at radius 1 is 1.12 bits per heavy atom. The van der Waals surface area contributed by atoms with Crippen LogP contribution in [0.3, 0.4) is 0 Å². The minimum absolute atomic E-state index is 1.09. The third-order valence-electron chi connectivity index (χ3n) is 3.09. The normalized spacial score (nSPS) is 19.4. The van der Waals surface area contributed by atoms with E-state index >= 15 is 0 Å². The zero-order valence-corrected chi connectivity index (χ0v) is 13.9. The third kappa shape index (κ3) is 4.63. The third-order valence-corrected chi connectivity index (χ3v) is 5.05. The zero-order valence-electron chi connectivity index (χ0n) is 9.87. The SMILES string of the molecule is BrCCN1CCCN(Cc2ccc(Br)s2)CC1.